The highest BCUT2D eigenvalue weighted by Crippen LogP contribution is 2.32. The summed E-state index contributed by atoms with van der Waals surface area (Å²) in [4.78, 5) is 21.9. The quantitative estimate of drug-likeness (QED) is 0.766. The molecule has 2 aliphatic heterocycles. The molecule has 3 heterocycles. The number of aryl methyl sites for hydroxylation is 1. The molecule has 152 valence electrons. The van der Waals surface area contributed by atoms with Gasteiger partial charge in [-0.2, -0.15) is 0 Å². The van der Waals surface area contributed by atoms with Gasteiger partial charge in [0.05, 0.1) is 5.60 Å². The maximum absolute atomic E-state index is 13.0. The zero-order valence-electron chi connectivity index (χ0n) is 17.5. The predicted octanol–water partition coefficient (Wildman–Crippen LogP) is 2.75. The molecule has 2 aliphatic rings. The fourth-order valence-corrected chi connectivity index (χ4v) is 4.49. The van der Waals surface area contributed by atoms with Crippen LogP contribution in [0.25, 0.3) is 0 Å². The summed E-state index contributed by atoms with van der Waals surface area (Å²) in [6, 6.07) is 0. The minimum absolute atomic E-state index is 0.123. The maximum atomic E-state index is 13.0. The Morgan fingerprint density at radius 2 is 2.04 bits per heavy atom. The second-order valence-electron chi connectivity index (χ2n) is 9.03. The van der Waals surface area contributed by atoms with Crippen LogP contribution in [0.2, 0.25) is 0 Å². The third-order valence-electron chi connectivity index (χ3n) is 5.97. The first-order valence-electron chi connectivity index (χ1n) is 10.4. The summed E-state index contributed by atoms with van der Waals surface area (Å²) in [5.41, 5.74) is -0.172. The minimum atomic E-state index is -0.172. The maximum Gasteiger partial charge on any atom is 0.225 e. The lowest BCUT2D eigenvalue weighted by Crippen LogP contribution is -2.46. The van der Waals surface area contributed by atoms with Crippen LogP contribution in [0.5, 0.6) is 0 Å². The van der Waals surface area contributed by atoms with Crippen molar-refractivity contribution < 1.29 is 9.53 Å². The van der Waals surface area contributed by atoms with Gasteiger partial charge in [0.1, 0.15) is 5.82 Å². The average molecular weight is 377 g/mol. The van der Waals surface area contributed by atoms with Gasteiger partial charge in [0.2, 0.25) is 5.91 Å². The van der Waals surface area contributed by atoms with Crippen LogP contribution in [-0.4, -0.2) is 71.2 Å². The lowest BCUT2D eigenvalue weighted by molar-refractivity contribution is -0.146. The van der Waals surface area contributed by atoms with Gasteiger partial charge in [0.15, 0.2) is 0 Å². The summed E-state index contributed by atoms with van der Waals surface area (Å²) in [5.74, 6) is 2.13. The molecule has 1 aromatic rings. The molecule has 3 rings (SSSR count). The van der Waals surface area contributed by atoms with E-state index in [2.05, 4.69) is 53.5 Å². The van der Waals surface area contributed by atoms with Crippen LogP contribution in [0.3, 0.4) is 0 Å². The number of carbonyl (C=O) groups excluding carboxylic acids is 1. The molecule has 27 heavy (non-hydrogen) atoms. The minimum Gasteiger partial charge on any atom is -0.376 e. The molecule has 2 saturated heterocycles. The second kappa shape index (κ2) is 8.74. The second-order valence-corrected chi connectivity index (χ2v) is 9.03. The van der Waals surface area contributed by atoms with Crippen LogP contribution in [-0.2, 0) is 16.1 Å². The van der Waals surface area contributed by atoms with E-state index in [-0.39, 0.29) is 11.5 Å². The van der Waals surface area contributed by atoms with E-state index < -0.39 is 0 Å². The summed E-state index contributed by atoms with van der Waals surface area (Å²) < 4.78 is 8.09. The van der Waals surface area contributed by atoms with Crippen molar-refractivity contribution in [2.24, 2.45) is 5.92 Å². The first-order valence-corrected chi connectivity index (χ1v) is 10.4. The molecule has 0 aliphatic carbocycles. The summed E-state index contributed by atoms with van der Waals surface area (Å²) >= 11 is 0. The molecule has 0 bridgehead atoms. The number of ether oxygens (including phenoxy) is 1. The van der Waals surface area contributed by atoms with E-state index in [9.17, 15) is 4.79 Å². The van der Waals surface area contributed by atoms with Gasteiger partial charge in [-0.15, -0.1) is 0 Å². The van der Waals surface area contributed by atoms with Crippen molar-refractivity contribution in [2.75, 3.05) is 40.3 Å². The van der Waals surface area contributed by atoms with Gasteiger partial charge >= 0.3 is 0 Å². The Morgan fingerprint density at radius 3 is 2.70 bits per heavy atom. The van der Waals surface area contributed by atoms with Gasteiger partial charge < -0.3 is 19.1 Å². The first-order chi connectivity index (χ1) is 12.9. The monoisotopic (exact) mass is 376 g/mol. The summed E-state index contributed by atoms with van der Waals surface area (Å²) in [7, 11) is 4.22. The number of hydrogen-bond acceptors (Lipinski definition) is 4. The van der Waals surface area contributed by atoms with Crippen molar-refractivity contribution in [3.8, 4) is 0 Å². The highest BCUT2D eigenvalue weighted by atomic mass is 16.5. The van der Waals surface area contributed by atoms with Crippen molar-refractivity contribution in [1.82, 2.24) is 19.4 Å². The molecule has 0 saturated carbocycles. The molecule has 0 spiro atoms. The smallest absolute Gasteiger partial charge is 0.225 e. The van der Waals surface area contributed by atoms with Gasteiger partial charge in [-0.1, -0.05) is 0 Å². The normalized spacial score (nSPS) is 23.7. The van der Waals surface area contributed by atoms with Crippen molar-refractivity contribution in [3.63, 3.8) is 0 Å². The molecule has 1 aromatic heterocycles. The van der Waals surface area contributed by atoms with E-state index in [1.54, 1.807) is 0 Å². The van der Waals surface area contributed by atoms with E-state index in [1.807, 2.05) is 6.20 Å². The lowest BCUT2D eigenvalue weighted by atomic mass is 9.86. The van der Waals surface area contributed by atoms with Crippen molar-refractivity contribution in [3.05, 3.63) is 18.2 Å². The van der Waals surface area contributed by atoms with Crippen LogP contribution >= 0.6 is 0 Å². The topological polar surface area (TPSA) is 50.6 Å². The Morgan fingerprint density at radius 1 is 1.30 bits per heavy atom. The summed E-state index contributed by atoms with van der Waals surface area (Å²) in [6.45, 7) is 8.70. The highest BCUT2D eigenvalue weighted by Gasteiger charge is 2.36. The number of piperidine rings is 1. The van der Waals surface area contributed by atoms with Crippen LogP contribution in [0.15, 0.2) is 12.4 Å². The molecule has 6 heteroatoms. The number of amides is 1. The van der Waals surface area contributed by atoms with Gasteiger partial charge in [-0.3, -0.25) is 4.79 Å². The van der Waals surface area contributed by atoms with Crippen molar-refractivity contribution >= 4 is 5.91 Å². The first kappa shape index (κ1) is 20.3. The molecule has 1 atom stereocenters. The van der Waals surface area contributed by atoms with Crippen LogP contribution in [0, 0.1) is 5.92 Å². The number of imidazole rings is 1. The van der Waals surface area contributed by atoms with E-state index in [0.717, 1.165) is 58.3 Å². The number of likely N-dealkylation sites (tertiary alicyclic amines) is 1. The van der Waals surface area contributed by atoms with Gasteiger partial charge in [-0.05, 0) is 66.6 Å². The van der Waals surface area contributed by atoms with Gasteiger partial charge in [0.25, 0.3) is 0 Å². The number of aromatic nitrogens is 2. The molecular weight excluding hydrogens is 340 g/mol. The van der Waals surface area contributed by atoms with Crippen molar-refractivity contribution in [1.29, 1.82) is 0 Å². The Labute approximate surface area is 163 Å². The molecular formula is C21H36N4O2. The molecule has 0 radical (unpaired) electrons. The lowest BCUT2D eigenvalue weighted by Gasteiger charge is -2.39. The highest BCUT2D eigenvalue weighted by molar-refractivity contribution is 5.79. The van der Waals surface area contributed by atoms with Crippen LogP contribution in [0.4, 0.5) is 0 Å². The Kier molecular flexibility index (Phi) is 6.58. The van der Waals surface area contributed by atoms with E-state index in [1.165, 1.54) is 5.82 Å². The van der Waals surface area contributed by atoms with Crippen LogP contribution in [0.1, 0.15) is 57.7 Å². The SMILES string of the molecule is CN(C)CCCn1ccnc1C1CCN(C(=O)[C@@H]2CCOC(C)(C)C2)CC1. The molecule has 2 fully saturated rings. The number of carbonyl (C=O) groups is 1. The number of rotatable bonds is 6. The molecule has 0 unspecified atom stereocenters. The zero-order chi connectivity index (χ0) is 19.4. The summed E-state index contributed by atoms with van der Waals surface area (Å²) in [6.07, 6.45) is 8.89. The van der Waals surface area contributed by atoms with Crippen LogP contribution < -0.4 is 0 Å². The average Bonchev–Trinajstić information content (AvgIpc) is 3.08. The Bertz CT molecular complexity index is 617. The Hall–Kier alpha value is -1.40. The van der Waals surface area contributed by atoms with E-state index >= 15 is 0 Å². The number of hydrogen-bond donors (Lipinski definition) is 0. The standard InChI is InChI=1S/C21H36N4O2/c1-21(2)16-18(8-15-27-21)20(26)25-12-6-17(7-13-25)19-22-9-14-24(19)11-5-10-23(3)4/h9,14,17-18H,5-8,10-13,15-16H2,1-4H3/t18-/m1/s1. The fourth-order valence-electron chi connectivity index (χ4n) is 4.49. The third kappa shape index (κ3) is 5.32. The molecule has 0 aromatic carbocycles. The third-order valence-corrected chi connectivity index (χ3v) is 5.97. The molecule has 1 amide bonds. The summed E-state index contributed by atoms with van der Waals surface area (Å²) in [5, 5.41) is 0. The predicted molar refractivity (Wildman–Crippen MR) is 107 cm³/mol. The Balaban J connectivity index is 1.52. The van der Waals surface area contributed by atoms with Gasteiger partial charge in [0, 0.05) is 50.5 Å². The zero-order valence-corrected chi connectivity index (χ0v) is 17.5. The fraction of sp³-hybridized carbons (Fsp3) is 0.810. The van der Waals surface area contributed by atoms with Gasteiger partial charge in [-0.25, -0.2) is 4.98 Å². The molecule has 6 nitrogen and oxygen atoms in total. The number of nitrogens with zero attached hydrogens (tertiary/aromatic N) is 4. The van der Waals surface area contributed by atoms with Crippen molar-refractivity contribution in [2.45, 2.75) is 64.0 Å². The largest absolute Gasteiger partial charge is 0.376 e. The van der Waals surface area contributed by atoms with E-state index in [4.69, 9.17) is 4.74 Å². The van der Waals surface area contributed by atoms with E-state index in [0.29, 0.717) is 18.4 Å². The molecule has 0 N–H and O–H groups in total.